The number of nitrogens with zero attached hydrogens (tertiary/aromatic N) is 1. The van der Waals surface area contributed by atoms with E-state index >= 15 is 0 Å². The Balaban J connectivity index is 2.36. The standard InChI is InChI=1S/C11H11FN2O/c12-10-3-1-8(2-4-10)11-9(5-6-15)7-13-14-11/h1-4,7,15H,5-6H2,(H,13,14). The minimum absolute atomic E-state index is 0.0771. The van der Waals surface area contributed by atoms with Crippen molar-refractivity contribution >= 4 is 0 Å². The third kappa shape index (κ3) is 2.05. The number of hydrogen-bond donors (Lipinski definition) is 2. The summed E-state index contributed by atoms with van der Waals surface area (Å²) in [6.45, 7) is 0.0771. The second kappa shape index (κ2) is 4.23. The normalized spacial score (nSPS) is 10.5. The molecule has 0 aliphatic rings. The van der Waals surface area contributed by atoms with Crippen molar-refractivity contribution in [2.45, 2.75) is 6.42 Å². The molecule has 4 heteroatoms. The Bertz CT molecular complexity index is 436. The molecule has 78 valence electrons. The lowest BCUT2D eigenvalue weighted by molar-refractivity contribution is 0.300. The third-order valence-corrected chi connectivity index (χ3v) is 2.23. The average molecular weight is 206 g/mol. The molecule has 0 unspecified atom stereocenters. The molecule has 1 aromatic carbocycles. The van der Waals surface area contributed by atoms with Crippen LogP contribution >= 0.6 is 0 Å². The third-order valence-electron chi connectivity index (χ3n) is 2.23. The molecule has 3 nitrogen and oxygen atoms in total. The van der Waals surface area contributed by atoms with Crippen molar-refractivity contribution in [1.82, 2.24) is 10.2 Å². The SMILES string of the molecule is OCCc1cn[nH]c1-c1ccc(F)cc1. The van der Waals surface area contributed by atoms with Crippen LogP contribution in [0.5, 0.6) is 0 Å². The largest absolute Gasteiger partial charge is 0.396 e. The van der Waals surface area contributed by atoms with Gasteiger partial charge in [-0.1, -0.05) is 0 Å². The second-order valence-electron chi connectivity index (χ2n) is 3.25. The molecule has 0 aliphatic carbocycles. The number of aromatic nitrogens is 2. The van der Waals surface area contributed by atoms with Crippen molar-refractivity contribution in [3.63, 3.8) is 0 Å². The van der Waals surface area contributed by atoms with E-state index in [4.69, 9.17) is 5.11 Å². The van der Waals surface area contributed by atoms with Gasteiger partial charge in [0.1, 0.15) is 5.82 Å². The van der Waals surface area contributed by atoms with E-state index < -0.39 is 0 Å². The first-order valence-electron chi connectivity index (χ1n) is 4.70. The summed E-state index contributed by atoms with van der Waals surface area (Å²) in [5, 5.41) is 15.6. The second-order valence-corrected chi connectivity index (χ2v) is 3.25. The Morgan fingerprint density at radius 1 is 1.27 bits per heavy atom. The van der Waals surface area contributed by atoms with Gasteiger partial charge in [-0.05, 0) is 30.7 Å². The van der Waals surface area contributed by atoms with Gasteiger partial charge in [-0.2, -0.15) is 5.10 Å². The van der Waals surface area contributed by atoms with E-state index in [-0.39, 0.29) is 12.4 Å². The molecule has 1 aromatic heterocycles. The van der Waals surface area contributed by atoms with Crippen LogP contribution in [0.2, 0.25) is 0 Å². The average Bonchev–Trinajstić information content (AvgIpc) is 2.68. The molecular formula is C11H11FN2O. The minimum Gasteiger partial charge on any atom is -0.396 e. The predicted molar refractivity (Wildman–Crippen MR) is 54.8 cm³/mol. The quantitative estimate of drug-likeness (QED) is 0.803. The summed E-state index contributed by atoms with van der Waals surface area (Å²) in [4.78, 5) is 0. The lowest BCUT2D eigenvalue weighted by atomic mass is 10.1. The first-order chi connectivity index (χ1) is 7.31. The van der Waals surface area contributed by atoms with Gasteiger partial charge in [0.15, 0.2) is 0 Å². The Labute approximate surface area is 86.6 Å². The molecule has 0 spiro atoms. The van der Waals surface area contributed by atoms with Crippen LogP contribution in [-0.2, 0) is 6.42 Å². The summed E-state index contributed by atoms with van der Waals surface area (Å²) < 4.78 is 12.7. The van der Waals surface area contributed by atoms with Crippen LogP contribution in [0.3, 0.4) is 0 Å². The lowest BCUT2D eigenvalue weighted by Crippen LogP contribution is -1.91. The van der Waals surface area contributed by atoms with Gasteiger partial charge < -0.3 is 5.11 Å². The first kappa shape index (κ1) is 9.86. The Morgan fingerprint density at radius 3 is 2.67 bits per heavy atom. The van der Waals surface area contributed by atoms with Gasteiger partial charge in [0.05, 0.1) is 11.9 Å². The van der Waals surface area contributed by atoms with Crippen molar-refractivity contribution in [2.24, 2.45) is 0 Å². The van der Waals surface area contributed by atoms with E-state index in [2.05, 4.69) is 10.2 Å². The molecule has 0 aliphatic heterocycles. The van der Waals surface area contributed by atoms with Gasteiger partial charge in [0.2, 0.25) is 0 Å². The number of nitrogens with one attached hydrogen (secondary N) is 1. The molecule has 1 heterocycles. The van der Waals surface area contributed by atoms with E-state index in [1.54, 1.807) is 18.3 Å². The Hall–Kier alpha value is -1.68. The molecule has 0 saturated heterocycles. The van der Waals surface area contributed by atoms with Crippen LogP contribution in [-0.4, -0.2) is 21.9 Å². The number of aliphatic hydroxyl groups excluding tert-OH is 1. The molecule has 0 bridgehead atoms. The minimum atomic E-state index is -0.262. The Morgan fingerprint density at radius 2 is 2.00 bits per heavy atom. The number of H-pyrrole nitrogens is 1. The number of aliphatic hydroxyl groups is 1. The summed E-state index contributed by atoms with van der Waals surface area (Å²) in [7, 11) is 0. The highest BCUT2D eigenvalue weighted by Crippen LogP contribution is 2.21. The van der Waals surface area contributed by atoms with Crippen molar-refractivity contribution in [3.8, 4) is 11.3 Å². The molecule has 0 saturated carbocycles. The number of halogens is 1. The number of rotatable bonds is 3. The smallest absolute Gasteiger partial charge is 0.123 e. The summed E-state index contributed by atoms with van der Waals surface area (Å²) in [6, 6.07) is 6.17. The van der Waals surface area contributed by atoms with Gasteiger partial charge in [-0.15, -0.1) is 0 Å². The maximum atomic E-state index is 12.7. The molecule has 0 fully saturated rings. The zero-order valence-electron chi connectivity index (χ0n) is 8.07. The fourth-order valence-corrected chi connectivity index (χ4v) is 1.49. The number of benzene rings is 1. The van der Waals surface area contributed by atoms with E-state index in [1.165, 1.54) is 12.1 Å². The summed E-state index contributed by atoms with van der Waals surface area (Å²) >= 11 is 0. The van der Waals surface area contributed by atoms with E-state index in [1.807, 2.05) is 0 Å². The van der Waals surface area contributed by atoms with Gasteiger partial charge in [-0.25, -0.2) is 4.39 Å². The zero-order valence-corrected chi connectivity index (χ0v) is 8.07. The van der Waals surface area contributed by atoms with Gasteiger partial charge in [0.25, 0.3) is 0 Å². The number of hydrogen-bond acceptors (Lipinski definition) is 2. The van der Waals surface area contributed by atoms with Gasteiger partial charge >= 0.3 is 0 Å². The monoisotopic (exact) mass is 206 g/mol. The van der Waals surface area contributed by atoms with E-state index in [9.17, 15) is 4.39 Å². The lowest BCUT2D eigenvalue weighted by Gasteiger charge is -2.01. The number of aromatic amines is 1. The van der Waals surface area contributed by atoms with Crippen LogP contribution in [0.15, 0.2) is 30.5 Å². The zero-order chi connectivity index (χ0) is 10.7. The molecule has 2 N–H and O–H groups in total. The van der Waals surface area contributed by atoms with Gasteiger partial charge in [0, 0.05) is 17.7 Å². The molecular weight excluding hydrogens is 195 g/mol. The van der Waals surface area contributed by atoms with Crippen LogP contribution in [0.4, 0.5) is 4.39 Å². The molecule has 0 atom stereocenters. The molecule has 2 rings (SSSR count). The fourth-order valence-electron chi connectivity index (χ4n) is 1.49. The van der Waals surface area contributed by atoms with Crippen LogP contribution in [0.1, 0.15) is 5.56 Å². The fraction of sp³-hybridized carbons (Fsp3) is 0.182. The highest BCUT2D eigenvalue weighted by molar-refractivity contribution is 5.62. The van der Waals surface area contributed by atoms with Crippen LogP contribution in [0.25, 0.3) is 11.3 Å². The van der Waals surface area contributed by atoms with Crippen LogP contribution in [0, 0.1) is 5.82 Å². The van der Waals surface area contributed by atoms with Crippen molar-refractivity contribution in [1.29, 1.82) is 0 Å². The molecule has 2 aromatic rings. The van der Waals surface area contributed by atoms with E-state index in [0.29, 0.717) is 6.42 Å². The molecule has 0 amide bonds. The van der Waals surface area contributed by atoms with Crippen molar-refractivity contribution < 1.29 is 9.50 Å². The highest BCUT2D eigenvalue weighted by Gasteiger charge is 2.06. The maximum absolute atomic E-state index is 12.7. The van der Waals surface area contributed by atoms with Crippen LogP contribution < -0.4 is 0 Å². The summed E-state index contributed by atoms with van der Waals surface area (Å²) in [6.07, 6.45) is 2.22. The van der Waals surface area contributed by atoms with Crippen molar-refractivity contribution in [3.05, 3.63) is 41.8 Å². The molecule has 0 radical (unpaired) electrons. The first-order valence-corrected chi connectivity index (χ1v) is 4.70. The maximum Gasteiger partial charge on any atom is 0.123 e. The van der Waals surface area contributed by atoms with Crippen molar-refractivity contribution in [2.75, 3.05) is 6.61 Å². The summed E-state index contributed by atoms with van der Waals surface area (Å²) in [5.41, 5.74) is 2.64. The van der Waals surface area contributed by atoms with Gasteiger partial charge in [-0.3, -0.25) is 5.10 Å². The summed E-state index contributed by atoms with van der Waals surface area (Å²) in [5.74, 6) is -0.262. The topological polar surface area (TPSA) is 48.9 Å². The van der Waals surface area contributed by atoms with E-state index in [0.717, 1.165) is 16.8 Å². The predicted octanol–water partition coefficient (Wildman–Crippen LogP) is 1.75. The highest BCUT2D eigenvalue weighted by atomic mass is 19.1. The Kier molecular flexibility index (Phi) is 2.78. The molecule has 15 heavy (non-hydrogen) atoms.